The summed E-state index contributed by atoms with van der Waals surface area (Å²) in [7, 11) is 0. The molecule has 0 atom stereocenters. The van der Waals surface area contributed by atoms with Gasteiger partial charge in [0, 0.05) is 29.8 Å². The van der Waals surface area contributed by atoms with Crippen molar-refractivity contribution in [1.82, 2.24) is 9.78 Å². The molecule has 118 valence electrons. The van der Waals surface area contributed by atoms with Gasteiger partial charge in [0.05, 0.1) is 23.8 Å². The molecule has 1 heterocycles. The Labute approximate surface area is 127 Å². The van der Waals surface area contributed by atoms with Crippen molar-refractivity contribution in [1.29, 1.82) is 0 Å². The van der Waals surface area contributed by atoms with Crippen LogP contribution in [0.2, 0.25) is 0 Å². The zero-order valence-corrected chi connectivity index (χ0v) is 12.4. The molecule has 0 bridgehead atoms. The lowest BCUT2D eigenvalue weighted by atomic mass is 10.1. The number of aliphatic hydroxyl groups excluding tert-OH is 1. The third kappa shape index (κ3) is 3.17. The monoisotopic (exact) mass is 306 g/mol. The second kappa shape index (κ2) is 6.44. The summed E-state index contributed by atoms with van der Waals surface area (Å²) < 4.78 is 1.64. The van der Waals surface area contributed by atoms with Crippen LogP contribution in [-0.4, -0.2) is 31.5 Å². The number of aromatic nitrogens is 2. The van der Waals surface area contributed by atoms with E-state index in [2.05, 4.69) is 10.4 Å². The van der Waals surface area contributed by atoms with Gasteiger partial charge in [-0.25, -0.2) is 4.68 Å². The molecule has 0 aliphatic heterocycles. The molecule has 0 amide bonds. The minimum atomic E-state index is -0.506. The summed E-state index contributed by atoms with van der Waals surface area (Å²) in [5.41, 5.74) is 2.10. The minimum absolute atomic E-state index is 0.0132. The van der Waals surface area contributed by atoms with Crippen LogP contribution in [0.1, 0.15) is 16.8 Å². The molecule has 8 heteroatoms. The Morgan fingerprint density at radius 3 is 2.77 bits per heavy atom. The lowest BCUT2D eigenvalue weighted by molar-refractivity contribution is -0.384. The van der Waals surface area contributed by atoms with Crippen LogP contribution in [0.3, 0.4) is 0 Å². The SMILES string of the molecule is Cc1nn(CCO)c(NCc2cc([N+](=O)[O-])ccc2O)c1C. The number of rotatable bonds is 6. The molecule has 0 aliphatic carbocycles. The van der Waals surface area contributed by atoms with Gasteiger partial charge in [0.1, 0.15) is 11.6 Å². The third-order valence-electron chi connectivity index (χ3n) is 3.46. The number of benzene rings is 1. The highest BCUT2D eigenvalue weighted by atomic mass is 16.6. The average Bonchev–Trinajstić information content (AvgIpc) is 2.73. The predicted octanol–water partition coefficient (Wildman–Crippen LogP) is 1.72. The molecule has 0 saturated carbocycles. The molecule has 22 heavy (non-hydrogen) atoms. The Morgan fingerprint density at radius 2 is 2.14 bits per heavy atom. The number of phenolic OH excluding ortho intramolecular Hbond substituents is 1. The number of nitrogens with one attached hydrogen (secondary N) is 1. The largest absolute Gasteiger partial charge is 0.508 e. The Hall–Kier alpha value is -2.61. The van der Waals surface area contributed by atoms with Crippen molar-refractivity contribution in [2.45, 2.75) is 26.9 Å². The van der Waals surface area contributed by atoms with Crippen molar-refractivity contribution in [2.75, 3.05) is 11.9 Å². The second-order valence-electron chi connectivity index (χ2n) is 4.93. The highest BCUT2D eigenvalue weighted by molar-refractivity contribution is 5.49. The van der Waals surface area contributed by atoms with Crippen molar-refractivity contribution < 1.29 is 15.1 Å². The molecular formula is C14H18N4O4. The highest BCUT2D eigenvalue weighted by Gasteiger charge is 2.14. The number of anilines is 1. The van der Waals surface area contributed by atoms with Gasteiger partial charge >= 0.3 is 0 Å². The van der Waals surface area contributed by atoms with Crippen molar-refractivity contribution in [3.05, 3.63) is 45.1 Å². The van der Waals surface area contributed by atoms with Gasteiger partial charge in [-0.2, -0.15) is 5.10 Å². The van der Waals surface area contributed by atoms with Gasteiger partial charge in [-0.05, 0) is 19.9 Å². The maximum absolute atomic E-state index is 10.8. The summed E-state index contributed by atoms with van der Waals surface area (Å²) in [6.45, 7) is 4.27. The van der Waals surface area contributed by atoms with Crippen LogP contribution in [0, 0.1) is 24.0 Å². The molecule has 0 spiro atoms. The Morgan fingerprint density at radius 1 is 1.41 bits per heavy atom. The Bertz CT molecular complexity index is 696. The number of nitrogens with zero attached hydrogens (tertiary/aromatic N) is 3. The fourth-order valence-electron chi connectivity index (χ4n) is 2.16. The van der Waals surface area contributed by atoms with E-state index in [9.17, 15) is 15.2 Å². The van der Waals surface area contributed by atoms with Crippen LogP contribution in [0.5, 0.6) is 5.75 Å². The first-order valence-electron chi connectivity index (χ1n) is 6.79. The lowest BCUT2D eigenvalue weighted by Crippen LogP contribution is -2.11. The van der Waals surface area contributed by atoms with Gasteiger partial charge in [0.15, 0.2) is 0 Å². The molecule has 3 N–H and O–H groups in total. The maximum atomic E-state index is 10.8. The topological polar surface area (TPSA) is 113 Å². The van der Waals surface area contributed by atoms with E-state index in [1.807, 2.05) is 13.8 Å². The van der Waals surface area contributed by atoms with Crippen molar-refractivity contribution in [3.63, 3.8) is 0 Å². The van der Waals surface area contributed by atoms with E-state index in [0.29, 0.717) is 12.1 Å². The summed E-state index contributed by atoms with van der Waals surface area (Å²) in [5, 5.41) is 37.1. The number of aliphatic hydroxyl groups is 1. The average molecular weight is 306 g/mol. The molecule has 0 aliphatic rings. The van der Waals surface area contributed by atoms with Crippen LogP contribution in [0.15, 0.2) is 18.2 Å². The Balaban J connectivity index is 2.23. The summed E-state index contributed by atoms with van der Waals surface area (Å²) >= 11 is 0. The lowest BCUT2D eigenvalue weighted by Gasteiger charge is -2.11. The predicted molar refractivity (Wildman–Crippen MR) is 80.9 cm³/mol. The quantitative estimate of drug-likeness (QED) is 0.553. The number of hydrogen-bond acceptors (Lipinski definition) is 6. The second-order valence-corrected chi connectivity index (χ2v) is 4.93. The van der Waals surface area contributed by atoms with Crippen molar-refractivity contribution >= 4 is 11.5 Å². The molecule has 2 rings (SSSR count). The molecule has 8 nitrogen and oxygen atoms in total. The van der Waals surface area contributed by atoms with E-state index in [0.717, 1.165) is 17.1 Å². The van der Waals surface area contributed by atoms with E-state index >= 15 is 0 Å². The number of nitro groups is 1. The van der Waals surface area contributed by atoms with Crippen molar-refractivity contribution in [2.24, 2.45) is 0 Å². The van der Waals surface area contributed by atoms with Crippen LogP contribution in [0.25, 0.3) is 0 Å². The summed E-state index contributed by atoms with van der Waals surface area (Å²) in [4.78, 5) is 10.3. The number of aromatic hydroxyl groups is 1. The van der Waals surface area contributed by atoms with E-state index in [1.165, 1.54) is 18.2 Å². The normalized spacial score (nSPS) is 10.7. The highest BCUT2D eigenvalue weighted by Crippen LogP contribution is 2.25. The van der Waals surface area contributed by atoms with E-state index in [1.54, 1.807) is 4.68 Å². The van der Waals surface area contributed by atoms with Crippen LogP contribution < -0.4 is 5.32 Å². The first-order chi connectivity index (χ1) is 10.4. The number of non-ortho nitro benzene ring substituents is 1. The van der Waals surface area contributed by atoms with Crippen LogP contribution in [0.4, 0.5) is 11.5 Å². The first-order valence-corrected chi connectivity index (χ1v) is 6.79. The molecule has 0 unspecified atom stereocenters. The van der Waals surface area contributed by atoms with Crippen molar-refractivity contribution in [3.8, 4) is 5.75 Å². The molecular weight excluding hydrogens is 288 g/mol. The zero-order chi connectivity index (χ0) is 16.3. The zero-order valence-electron chi connectivity index (χ0n) is 12.4. The van der Waals surface area contributed by atoms with Gasteiger partial charge in [-0.15, -0.1) is 0 Å². The molecule has 1 aromatic carbocycles. The molecule has 1 aromatic heterocycles. The van der Waals surface area contributed by atoms with E-state index in [-0.39, 0.29) is 24.6 Å². The molecule has 0 saturated heterocycles. The summed E-state index contributed by atoms with van der Waals surface area (Å²) in [5.74, 6) is 0.707. The van der Waals surface area contributed by atoms with Gasteiger partial charge in [-0.1, -0.05) is 0 Å². The number of aryl methyl sites for hydroxylation is 1. The summed E-state index contributed by atoms with van der Waals surface area (Å²) in [6.07, 6.45) is 0. The molecule has 2 aromatic rings. The Kier molecular flexibility index (Phi) is 4.62. The minimum Gasteiger partial charge on any atom is -0.508 e. The first kappa shape index (κ1) is 15.8. The number of phenols is 1. The number of nitro benzene ring substituents is 1. The fourth-order valence-corrected chi connectivity index (χ4v) is 2.16. The fraction of sp³-hybridized carbons (Fsp3) is 0.357. The van der Waals surface area contributed by atoms with Crippen LogP contribution in [-0.2, 0) is 13.1 Å². The summed E-state index contributed by atoms with van der Waals surface area (Å²) in [6, 6.07) is 3.89. The third-order valence-corrected chi connectivity index (χ3v) is 3.46. The molecule has 0 radical (unpaired) electrons. The molecule has 0 fully saturated rings. The van der Waals surface area contributed by atoms with Gasteiger partial charge in [0.25, 0.3) is 5.69 Å². The smallest absolute Gasteiger partial charge is 0.270 e. The van der Waals surface area contributed by atoms with Gasteiger partial charge < -0.3 is 15.5 Å². The van der Waals surface area contributed by atoms with Crippen LogP contribution >= 0.6 is 0 Å². The standard InChI is InChI=1S/C14H18N4O4/c1-9-10(2)16-17(5-6-19)14(9)15-8-11-7-12(18(21)22)3-4-13(11)20/h3-4,7,15,19-20H,5-6,8H2,1-2H3. The van der Waals surface area contributed by atoms with E-state index in [4.69, 9.17) is 5.11 Å². The number of hydrogen-bond donors (Lipinski definition) is 3. The van der Waals surface area contributed by atoms with Gasteiger partial charge in [-0.3, -0.25) is 10.1 Å². The maximum Gasteiger partial charge on any atom is 0.270 e. The van der Waals surface area contributed by atoms with E-state index < -0.39 is 4.92 Å². The van der Waals surface area contributed by atoms with Gasteiger partial charge in [0.2, 0.25) is 0 Å².